The summed E-state index contributed by atoms with van der Waals surface area (Å²) in [6, 6.07) is 0. The summed E-state index contributed by atoms with van der Waals surface area (Å²) >= 11 is 0. The molecule has 0 amide bonds. The summed E-state index contributed by atoms with van der Waals surface area (Å²) in [4.78, 5) is 0. The Labute approximate surface area is 94.5 Å². The van der Waals surface area contributed by atoms with Crippen LogP contribution in [0.2, 0.25) is 0 Å². The summed E-state index contributed by atoms with van der Waals surface area (Å²) in [7, 11) is 0. The summed E-state index contributed by atoms with van der Waals surface area (Å²) in [5, 5.41) is 0. The van der Waals surface area contributed by atoms with Gasteiger partial charge in [-0.15, -0.1) is 0 Å². The molecule has 1 radical (unpaired) electrons. The Hall–Kier alpha value is -0.520. The molecule has 2 aliphatic rings. The molecular formula is C15H23. The minimum absolute atomic E-state index is 0.439. The zero-order valence-electron chi connectivity index (χ0n) is 10.2. The van der Waals surface area contributed by atoms with Crippen molar-refractivity contribution in [3.8, 4) is 0 Å². The Bertz CT molecular complexity index is 286. The highest BCUT2D eigenvalue weighted by molar-refractivity contribution is 5.24. The van der Waals surface area contributed by atoms with Crippen LogP contribution >= 0.6 is 0 Å². The number of hydrogen-bond donors (Lipinski definition) is 0. The molecule has 0 aromatic rings. The van der Waals surface area contributed by atoms with E-state index in [2.05, 4.69) is 33.4 Å². The lowest BCUT2D eigenvalue weighted by Crippen LogP contribution is -2.26. The molecule has 0 nitrogen and oxygen atoms in total. The molecular weight excluding hydrogens is 180 g/mol. The topological polar surface area (TPSA) is 0 Å². The number of rotatable bonds is 4. The summed E-state index contributed by atoms with van der Waals surface area (Å²) in [5.74, 6) is 1.78. The summed E-state index contributed by atoms with van der Waals surface area (Å²) < 4.78 is 0. The van der Waals surface area contributed by atoms with Gasteiger partial charge in [0.05, 0.1) is 0 Å². The van der Waals surface area contributed by atoms with Crippen LogP contribution in [0.15, 0.2) is 24.3 Å². The summed E-state index contributed by atoms with van der Waals surface area (Å²) in [5.41, 5.74) is 3.19. The van der Waals surface area contributed by atoms with Crippen LogP contribution in [0.3, 0.4) is 0 Å². The largest absolute Gasteiger partial charge is 0.0998 e. The maximum Gasteiger partial charge on any atom is -0.00876 e. The zero-order valence-corrected chi connectivity index (χ0v) is 10.2. The van der Waals surface area contributed by atoms with E-state index >= 15 is 0 Å². The van der Waals surface area contributed by atoms with Gasteiger partial charge in [0.15, 0.2) is 0 Å². The standard InChI is InChI=1S/C15H23/c1-11(2)6-5-9-15(4)12(3)13-7-8-14(15)10-13/h6,13-14H,1,3,5,7-10H2,2,4H3/t13-,14+,15+/m0/s1. The molecule has 2 saturated carbocycles. The van der Waals surface area contributed by atoms with Crippen LogP contribution < -0.4 is 0 Å². The molecule has 3 atom stereocenters. The monoisotopic (exact) mass is 203 g/mol. The van der Waals surface area contributed by atoms with Crippen LogP contribution in [-0.4, -0.2) is 0 Å². The molecule has 0 N–H and O–H groups in total. The van der Waals surface area contributed by atoms with Crippen LogP contribution in [0.5, 0.6) is 0 Å². The summed E-state index contributed by atoms with van der Waals surface area (Å²) in [6.45, 7) is 12.8. The number of hydrogen-bond acceptors (Lipinski definition) is 0. The average molecular weight is 203 g/mol. The minimum Gasteiger partial charge on any atom is -0.0998 e. The van der Waals surface area contributed by atoms with Crippen molar-refractivity contribution in [2.24, 2.45) is 17.3 Å². The van der Waals surface area contributed by atoms with Crippen molar-refractivity contribution in [3.05, 3.63) is 30.7 Å². The Morgan fingerprint density at radius 1 is 1.53 bits per heavy atom. The molecule has 2 fully saturated rings. The maximum atomic E-state index is 4.35. The molecule has 2 rings (SSSR count). The third-order valence-corrected chi connectivity index (χ3v) is 4.72. The van der Waals surface area contributed by atoms with Crippen LogP contribution in [-0.2, 0) is 0 Å². The van der Waals surface area contributed by atoms with Gasteiger partial charge in [0.2, 0.25) is 0 Å². The van der Waals surface area contributed by atoms with Gasteiger partial charge in [-0.05, 0) is 62.7 Å². The van der Waals surface area contributed by atoms with E-state index in [-0.39, 0.29) is 0 Å². The molecule has 2 bridgehead atoms. The van der Waals surface area contributed by atoms with Crippen molar-refractivity contribution in [3.63, 3.8) is 0 Å². The van der Waals surface area contributed by atoms with Gasteiger partial charge in [-0.3, -0.25) is 0 Å². The lowest BCUT2D eigenvalue weighted by atomic mass is 9.69. The van der Waals surface area contributed by atoms with Gasteiger partial charge in [0, 0.05) is 0 Å². The van der Waals surface area contributed by atoms with E-state index in [4.69, 9.17) is 0 Å². The molecule has 0 heteroatoms. The average Bonchev–Trinajstić information content (AvgIpc) is 2.70. The van der Waals surface area contributed by atoms with Crippen LogP contribution in [0, 0.1) is 23.7 Å². The fourth-order valence-electron chi connectivity index (χ4n) is 3.59. The third kappa shape index (κ3) is 1.79. The van der Waals surface area contributed by atoms with Gasteiger partial charge >= 0.3 is 0 Å². The Kier molecular flexibility index (Phi) is 2.79. The molecule has 83 valence electrons. The van der Waals surface area contributed by atoms with Crippen molar-refractivity contribution in [2.45, 2.75) is 46.0 Å². The van der Waals surface area contributed by atoms with E-state index < -0.39 is 0 Å². The Balaban J connectivity index is 1.95. The highest BCUT2D eigenvalue weighted by atomic mass is 14.5. The predicted octanol–water partition coefficient (Wildman–Crippen LogP) is 4.54. The third-order valence-electron chi connectivity index (χ3n) is 4.72. The first kappa shape index (κ1) is 11.0. The molecule has 2 aliphatic carbocycles. The Morgan fingerprint density at radius 3 is 2.80 bits per heavy atom. The highest BCUT2D eigenvalue weighted by Crippen LogP contribution is 2.60. The molecule has 0 heterocycles. The second kappa shape index (κ2) is 3.81. The van der Waals surface area contributed by atoms with Crippen LogP contribution in [0.25, 0.3) is 0 Å². The Morgan fingerprint density at radius 2 is 2.27 bits per heavy atom. The van der Waals surface area contributed by atoms with Gasteiger partial charge in [-0.2, -0.15) is 0 Å². The highest BCUT2D eigenvalue weighted by Gasteiger charge is 2.49. The molecule has 0 aromatic heterocycles. The maximum absolute atomic E-state index is 4.35. The normalized spacial score (nSPS) is 38.7. The van der Waals surface area contributed by atoms with E-state index in [1.165, 1.54) is 37.7 Å². The number of allylic oxidation sites excluding steroid dienone is 2. The minimum atomic E-state index is 0.439. The molecule has 0 unspecified atom stereocenters. The summed E-state index contributed by atoms with van der Waals surface area (Å²) in [6.07, 6.45) is 8.98. The van der Waals surface area contributed by atoms with E-state index in [1.807, 2.05) is 0 Å². The molecule has 0 aromatic carbocycles. The van der Waals surface area contributed by atoms with Gasteiger partial charge in [-0.25, -0.2) is 0 Å². The van der Waals surface area contributed by atoms with Crippen molar-refractivity contribution in [1.29, 1.82) is 0 Å². The second-order valence-electron chi connectivity index (χ2n) is 5.74. The van der Waals surface area contributed by atoms with Crippen LogP contribution in [0.1, 0.15) is 46.0 Å². The van der Waals surface area contributed by atoms with Crippen LogP contribution in [0.4, 0.5) is 0 Å². The quantitative estimate of drug-likeness (QED) is 0.588. The first-order chi connectivity index (χ1) is 7.04. The lowest BCUT2D eigenvalue weighted by molar-refractivity contribution is 0.239. The number of fused-ring (bicyclic) bond motifs is 2. The van der Waals surface area contributed by atoms with E-state index in [1.54, 1.807) is 5.57 Å². The van der Waals surface area contributed by atoms with Crippen molar-refractivity contribution < 1.29 is 0 Å². The van der Waals surface area contributed by atoms with Gasteiger partial charge in [0.1, 0.15) is 0 Å². The zero-order chi connectivity index (χ0) is 11.1. The van der Waals surface area contributed by atoms with Gasteiger partial charge in [0.25, 0.3) is 0 Å². The molecule has 15 heavy (non-hydrogen) atoms. The fraction of sp³-hybridized carbons (Fsp3) is 0.667. The SMILES string of the molecule is C=C(C)[CH]CC[C@]1(C)C(=C)[C@H]2CC[C@@H]1C2. The first-order valence-corrected chi connectivity index (χ1v) is 6.22. The van der Waals surface area contributed by atoms with E-state index in [9.17, 15) is 0 Å². The van der Waals surface area contributed by atoms with Crippen molar-refractivity contribution in [1.82, 2.24) is 0 Å². The van der Waals surface area contributed by atoms with Gasteiger partial charge in [-0.1, -0.05) is 31.2 Å². The molecule has 0 aliphatic heterocycles. The lowest BCUT2D eigenvalue weighted by Gasteiger charge is -2.36. The van der Waals surface area contributed by atoms with Gasteiger partial charge < -0.3 is 0 Å². The van der Waals surface area contributed by atoms with Crippen molar-refractivity contribution in [2.75, 3.05) is 0 Å². The second-order valence-corrected chi connectivity index (χ2v) is 5.74. The van der Waals surface area contributed by atoms with E-state index in [0.29, 0.717) is 5.41 Å². The smallest absolute Gasteiger partial charge is 0.00876 e. The fourth-order valence-corrected chi connectivity index (χ4v) is 3.59. The first-order valence-electron chi connectivity index (χ1n) is 6.22. The van der Waals surface area contributed by atoms with E-state index in [0.717, 1.165) is 11.8 Å². The predicted molar refractivity (Wildman–Crippen MR) is 66.4 cm³/mol. The van der Waals surface area contributed by atoms with Crippen molar-refractivity contribution >= 4 is 0 Å². The molecule has 0 saturated heterocycles. The molecule has 0 spiro atoms.